The number of anilines is 1. The number of nitrogens with zero attached hydrogens (tertiary/aromatic N) is 3. The number of hydrogen-bond donors (Lipinski definition) is 2. The highest BCUT2D eigenvalue weighted by molar-refractivity contribution is 7.15. The molecule has 0 saturated carbocycles. The molecule has 9 heteroatoms. The maximum absolute atomic E-state index is 11.8. The van der Waals surface area contributed by atoms with Crippen LogP contribution in [0, 0.1) is 0 Å². The zero-order chi connectivity index (χ0) is 17.4. The standard InChI is InChI=1S/C15H16ClN5O2S/c1-2-5-12(22)18-15-21-20-14(24-15)8-13(23)19-17-9-10-6-3-4-7-11(10)16/h3-4,6-7,9H,2,5,8H2,1H3,(H,19,23)(H,18,21,22)/b17-9-. The minimum Gasteiger partial charge on any atom is -0.301 e. The van der Waals surface area contributed by atoms with Crippen LogP contribution < -0.4 is 10.7 Å². The molecule has 2 aromatic rings. The Kier molecular flexibility index (Phi) is 6.83. The van der Waals surface area contributed by atoms with Crippen molar-refractivity contribution in [1.29, 1.82) is 0 Å². The van der Waals surface area contributed by atoms with Crippen LogP contribution >= 0.6 is 22.9 Å². The van der Waals surface area contributed by atoms with E-state index in [4.69, 9.17) is 11.6 Å². The van der Waals surface area contributed by atoms with Crippen molar-refractivity contribution >= 4 is 46.1 Å². The molecule has 1 heterocycles. The molecular weight excluding hydrogens is 350 g/mol. The number of carbonyl (C=O) groups excluding carboxylic acids is 2. The Bertz CT molecular complexity index is 747. The van der Waals surface area contributed by atoms with Crippen molar-refractivity contribution in [2.75, 3.05) is 5.32 Å². The first-order valence-corrected chi connectivity index (χ1v) is 8.46. The first kappa shape index (κ1) is 18.0. The summed E-state index contributed by atoms with van der Waals surface area (Å²) in [5.41, 5.74) is 3.11. The molecule has 0 spiro atoms. The average molecular weight is 366 g/mol. The van der Waals surface area contributed by atoms with E-state index in [9.17, 15) is 9.59 Å². The van der Waals surface area contributed by atoms with Crippen LogP contribution in [0.1, 0.15) is 30.3 Å². The Balaban J connectivity index is 1.83. The van der Waals surface area contributed by atoms with E-state index in [0.29, 0.717) is 27.1 Å². The fourth-order valence-electron chi connectivity index (χ4n) is 1.71. The molecule has 0 saturated heterocycles. The highest BCUT2D eigenvalue weighted by atomic mass is 35.5. The van der Waals surface area contributed by atoms with Gasteiger partial charge < -0.3 is 5.32 Å². The highest BCUT2D eigenvalue weighted by Crippen LogP contribution is 2.16. The molecule has 24 heavy (non-hydrogen) atoms. The third-order valence-corrected chi connectivity index (χ3v) is 3.98. The normalized spacial score (nSPS) is 10.8. The van der Waals surface area contributed by atoms with Crippen LogP contribution in [0.5, 0.6) is 0 Å². The van der Waals surface area contributed by atoms with Crippen molar-refractivity contribution in [2.24, 2.45) is 5.10 Å². The number of aromatic nitrogens is 2. The monoisotopic (exact) mass is 365 g/mol. The molecule has 0 aliphatic carbocycles. The lowest BCUT2D eigenvalue weighted by atomic mass is 10.2. The van der Waals surface area contributed by atoms with Gasteiger partial charge in [-0.3, -0.25) is 9.59 Å². The summed E-state index contributed by atoms with van der Waals surface area (Å²) in [4.78, 5) is 23.3. The number of amides is 2. The van der Waals surface area contributed by atoms with Gasteiger partial charge in [-0.05, 0) is 12.5 Å². The van der Waals surface area contributed by atoms with E-state index in [0.717, 1.165) is 17.8 Å². The molecule has 0 aliphatic rings. The number of hydrazone groups is 1. The predicted octanol–water partition coefficient (Wildman–Crippen LogP) is 2.62. The van der Waals surface area contributed by atoms with Gasteiger partial charge in [-0.25, -0.2) is 5.43 Å². The quantitative estimate of drug-likeness (QED) is 0.582. The molecule has 0 radical (unpaired) electrons. The summed E-state index contributed by atoms with van der Waals surface area (Å²) in [6, 6.07) is 7.16. The number of carbonyl (C=O) groups is 2. The number of halogens is 1. The zero-order valence-electron chi connectivity index (χ0n) is 13.0. The van der Waals surface area contributed by atoms with Crippen molar-refractivity contribution in [3.63, 3.8) is 0 Å². The fourth-order valence-corrected chi connectivity index (χ4v) is 2.65. The Morgan fingerprint density at radius 1 is 1.29 bits per heavy atom. The molecule has 2 N–H and O–H groups in total. The van der Waals surface area contributed by atoms with Gasteiger partial charge in [-0.1, -0.05) is 48.1 Å². The predicted molar refractivity (Wildman–Crippen MR) is 94.3 cm³/mol. The summed E-state index contributed by atoms with van der Waals surface area (Å²) in [6.45, 7) is 1.92. The van der Waals surface area contributed by atoms with Crippen LogP contribution in [-0.4, -0.2) is 28.2 Å². The number of rotatable bonds is 7. The Morgan fingerprint density at radius 2 is 2.08 bits per heavy atom. The first-order valence-electron chi connectivity index (χ1n) is 7.27. The molecular formula is C15H16ClN5O2S. The maximum atomic E-state index is 11.8. The van der Waals surface area contributed by atoms with E-state index in [1.54, 1.807) is 12.1 Å². The van der Waals surface area contributed by atoms with Gasteiger partial charge in [0.25, 0.3) is 0 Å². The minimum absolute atomic E-state index is 0.0289. The molecule has 1 aromatic heterocycles. The van der Waals surface area contributed by atoms with Crippen molar-refractivity contribution in [3.8, 4) is 0 Å². The smallest absolute Gasteiger partial charge is 0.247 e. The lowest BCUT2D eigenvalue weighted by Crippen LogP contribution is -2.19. The van der Waals surface area contributed by atoms with Crippen LogP contribution in [0.3, 0.4) is 0 Å². The topological polar surface area (TPSA) is 96.3 Å². The number of nitrogens with one attached hydrogen (secondary N) is 2. The Hall–Kier alpha value is -2.32. The molecule has 2 amide bonds. The van der Waals surface area contributed by atoms with Gasteiger partial charge in [-0.15, -0.1) is 10.2 Å². The van der Waals surface area contributed by atoms with Crippen LogP contribution in [-0.2, 0) is 16.0 Å². The van der Waals surface area contributed by atoms with Crippen molar-refractivity contribution in [3.05, 3.63) is 39.9 Å². The van der Waals surface area contributed by atoms with Crippen molar-refractivity contribution in [1.82, 2.24) is 15.6 Å². The summed E-state index contributed by atoms with van der Waals surface area (Å²) in [7, 11) is 0. The van der Waals surface area contributed by atoms with Gasteiger partial charge in [0.05, 0.1) is 12.6 Å². The van der Waals surface area contributed by atoms with E-state index in [1.165, 1.54) is 6.21 Å². The third kappa shape index (κ3) is 5.71. The summed E-state index contributed by atoms with van der Waals surface area (Å²) < 4.78 is 0. The zero-order valence-corrected chi connectivity index (χ0v) is 14.5. The van der Waals surface area contributed by atoms with Gasteiger partial charge in [0.2, 0.25) is 16.9 Å². The molecule has 1 aromatic carbocycles. The average Bonchev–Trinajstić information content (AvgIpc) is 2.96. The SMILES string of the molecule is CCCC(=O)Nc1nnc(CC(=O)N/N=C\c2ccccc2Cl)s1. The van der Waals surface area contributed by atoms with E-state index >= 15 is 0 Å². The second kappa shape index (κ2) is 9.09. The molecule has 0 atom stereocenters. The van der Waals surface area contributed by atoms with E-state index in [-0.39, 0.29) is 18.2 Å². The van der Waals surface area contributed by atoms with Crippen LogP contribution in [0.2, 0.25) is 5.02 Å². The highest BCUT2D eigenvalue weighted by Gasteiger charge is 2.10. The summed E-state index contributed by atoms with van der Waals surface area (Å²) >= 11 is 7.14. The van der Waals surface area contributed by atoms with Crippen LogP contribution in [0.4, 0.5) is 5.13 Å². The molecule has 126 valence electrons. The lowest BCUT2D eigenvalue weighted by Gasteiger charge is -1.98. The van der Waals surface area contributed by atoms with E-state index < -0.39 is 0 Å². The third-order valence-electron chi connectivity index (χ3n) is 2.80. The lowest BCUT2D eigenvalue weighted by molar-refractivity contribution is -0.120. The number of benzene rings is 1. The summed E-state index contributed by atoms with van der Waals surface area (Å²) in [6.07, 6.45) is 2.67. The molecule has 0 fully saturated rings. The van der Waals surface area contributed by atoms with Crippen molar-refractivity contribution in [2.45, 2.75) is 26.2 Å². The number of hydrogen-bond acceptors (Lipinski definition) is 6. The Labute approximate surface area is 148 Å². The summed E-state index contributed by atoms with van der Waals surface area (Å²) in [5, 5.41) is 15.6. The largest absolute Gasteiger partial charge is 0.301 e. The van der Waals surface area contributed by atoms with Gasteiger partial charge in [0.1, 0.15) is 5.01 Å². The van der Waals surface area contributed by atoms with Gasteiger partial charge in [0.15, 0.2) is 0 Å². The molecule has 0 aliphatic heterocycles. The Morgan fingerprint density at radius 3 is 2.83 bits per heavy atom. The second-order valence-electron chi connectivity index (χ2n) is 4.79. The van der Waals surface area contributed by atoms with Gasteiger partial charge in [-0.2, -0.15) is 5.10 Å². The van der Waals surface area contributed by atoms with Crippen LogP contribution in [0.25, 0.3) is 0 Å². The maximum Gasteiger partial charge on any atom is 0.247 e. The van der Waals surface area contributed by atoms with Crippen LogP contribution in [0.15, 0.2) is 29.4 Å². The fraction of sp³-hybridized carbons (Fsp3) is 0.267. The van der Waals surface area contributed by atoms with Gasteiger partial charge in [0, 0.05) is 17.0 Å². The molecule has 7 nitrogen and oxygen atoms in total. The first-order chi connectivity index (χ1) is 11.6. The van der Waals surface area contributed by atoms with E-state index in [2.05, 4.69) is 26.0 Å². The molecule has 0 bridgehead atoms. The molecule has 2 rings (SSSR count). The van der Waals surface area contributed by atoms with Gasteiger partial charge >= 0.3 is 0 Å². The van der Waals surface area contributed by atoms with Crippen molar-refractivity contribution < 1.29 is 9.59 Å². The molecule has 0 unspecified atom stereocenters. The van der Waals surface area contributed by atoms with E-state index in [1.807, 2.05) is 19.1 Å². The summed E-state index contributed by atoms with van der Waals surface area (Å²) in [5.74, 6) is -0.449. The minimum atomic E-state index is -0.333. The second-order valence-corrected chi connectivity index (χ2v) is 6.26.